The number of nitrogen functional groups attached to an aromatic ring is 1. The number of aromatic nitrogens is 1. The lowest BCUT2D eigenvalue weighted by Crippen LogP contribution is -2.10. The van der Waals surface area contributed by atoms with Crippen molar-refractivity contribution in [3.63, 3.8) is 0 Å². The predicted molar refractivity (Wildman–Crippen MR) is 37.7 cm³/mol. The van der Waals surface area contributed by atoms with Crippen LogP contribution in [0.3, 0.4) is 0 Å². The van der Waals surface area contributed by atoms with Crippen molar-refractivity contribution in [2.45, 2.75) is 12.8 Å². The Morgan fingerprint density at radius 2 is 2.50 bits per heavy atom. The molecule has 0 aromatic carbocycles. The molecule has 0 unspecified atom stereocenters. The summed E-state index contributed by atoms with van der Waals surface area (Å²) in [5, 5.41) is 6.71. The zero-order valence-electron chi connectivity index (χ0n) is 5.55. The molecule has 0 saturated carbocycles. The average Bonchev–Trinajstić information content (AvgIpc) is 2.34. The van der Waals surface area contributed by atoms with E-state index in [-0.39, 0.29) is 0 Å². The van der Waals surface area contributed by atoms with Gasteiger partial charge >= 0.3 is 0 Å². The van der Waals surface area contributed by atoms with Gasteiger partial charge in [-0.05, 0) is 12.8 Å². The first kappa shape index (κ1) is 5.58. The lowest BCUT2D eigenvalue weighted by Gasteiger charge is -2.09. The highest BCUT2D eigenvalue weighted by molar-refractivity contribution is 5.54. The molecule has 4 nitrogen and oxygen atoms in total. The van der Waals surface area contributed by atoms with Crippen molar-refractivity contribution in [3.05, 3.63) is 5.56 Å². The Hall–Kier alpha value is -1.19. The summed E-state index contributed by atoms with van der Waals surface area (Å²) in [5.41, 5.74) is 6.55. The lowest BCUT2D eigenvalue weighted by molar-refractivity contribution is 0.432. The fraction of sp³-hybridized carbons (Fsp3) is 0.500. The second-order valence-electron chi connectivity index (χ2n) is 2.41. The van der Waals surface area contributed by atoms with Crippen LogP contribution in [0.1, 0.15) is 12.0 Å². The van der Waals surface area contributed by atoms with Crippen molar-refractivity contribution in [2.24, 2.45) is 0 Å². The standard InChI is InChI=1S/C6H9N3O/c7-5-4-2-1-3-8-6(4)10-9-5/h8H,1-3H2,(H2,7,9). The molecule has 0 amide bonds. The molecular formula is C6H9N3O. The van der Waals surface area contributed by atoms with Crippen molar-refractivity contribution in [2.75, 3.05) is 17.6 Å². The lowest BCUT2D eigenvalue weighted by atomic mass is 10.1. The minimum absolute atomic E-state index is 0.530. The van der Waals surface area contributed by atoms with Crippen LogP contribution in [-0.4, -0.2) is 11.7 Å². The van der Waals surface area contributed by atoms with E-state index in [0.29, 0.717) is 5.82 Å². The topological polar surface area (TPSA) is 64.1 Å². The van der Waals surface area contributed by atoms with Crippen LogP contribution in [0.15, 0.2) is 4.52 Å². The van der Waals surface area contributed by atoms with Crippen molar-refractivity contribution < 1.29 is 4.52 Å². The molecule has 0 bridgehead atoms. The number of fused-ring (bicyclic) bond motifs is 1. The predicted octanol–water partition coefficient (Wildman–Crippen LogP) is 0.615. The van der Waals surface area contributed by atoms with Crippen molar-refractivity contribution >= 4 is 11.7 Å². The molecule has 4 heteroatoms. The summed E-state index contributed by atoms with van der Waals surface area (Å²) in [6.45, 7) is 0.960. The molecule has 0 atom stereocenters. The maximum Gasteiger partial charge on any atom is 0.230 e. The molecule has 0 spiro atoms. The fourth-order valence-corrected chi connectivity index (χ4v) is 1.17. The Morgan fingerprint density at radius 1 is 1.60 bits per heavy atom. The Kier molecular flexibility index (Phi) is 1.06. The zero-order chi connectivity index (χ0) is 6.97. The first-order valence-electron chi connectivity index (χ1n) is 3.36. The minimum Gasteiger partial charge on any atom is -0.381 e. The first-order chi connectivity index (χ1) is 4.88. The maximum atomic E-state index is 5.52. The van der Waals surface area contributed by atoms with Gasteiger partial charge < -0.3 is 15.6 Å². The smallest absolute Gasteiger partial charge is 0.230 e. The van der Waals surface area contributed by atoms with Crippen molar-refractivity contribution in [1.29, 1.82) is 0 Å². The van der Waals surface area contributed by atoms with Gasteiger partial charge in [-0.3, -0.25) is 0 Å². The number of nitrogens with two attached hydrogens (primary N) is 1. The highest BCUT2D eigenvalue weighted by Gasteiger charge is 2.16. The van der Waals surface area contributed by atoms with Crippen LogP contribution >= 0.6 is 0 Å². The Bertz CT molecular complexity index is 243. The van der Waals surface area contributed by atoms with E-state index in [1.807, 2.05) is 0 Å². The second-order valence-corrected chi connectivity index (χ2v) is 2.41. The summed E-state index contributed by atoms with van der Waals surface area (Å²) < 4.78 is 4.90. The Labute approximate surface area is 58.4 Å². The zero-order valence-corrected chi connectivity index (χ0v) is 5.55. The van der Waals surface area contributed by atoms with Crippen molar-refractivity contribution in [1.82, 2.24) is 5.16 Å². The maximum absolute atomic E-state index is 5.52. The molecule has 1 aromatic rings. The molecule has 1 aromatic heterocycles. The SMILES string of the molecule is Nc1noc2c1CCCN2. The molecule has 1 aliphatic heterocycles. The Morgan fingerprint density at radius 3 is 3.30 bits per heavy atom. The minimum atomic E-state index is 0.530. The van der Waals surface area contributed by atoms with Gasteiger partial charge in [-0.2, -0.15) is 0 Å². The van der Waals surface area contributed by atoms with E-state index in [9.17, 15) is 0 Å². The van der Waals surface area contributed by atoms with Gasteiger partial charge in [0.25, 0.3) is 0 Å². The van der Waals surface area contributed by atoms with Gasteiger partial charge in [-0.1, -0.05) is 5.16 Å². The molecule has 54 valence electrons. The molecule has 2 heterocycles. The van der Waals surface area contributed by atoms with Gasteiger partial charge in [0.05, 0.1) is 5.56 Å². The number of hydrogen-bond acceptors (Lipinski definition) is 4. The summed E-state index contributed by atoms with van der Waals surface area (Å²) in [6, 6.07) is 0. The van der Waals surface area contributed by atoms with E-state index < -0.39 is 0 Å². The Balaban J connectivity index is 2.45. The molecule has 0 radical (unpaired) electrons. The summed E-state index contributed by atoms with van der Waals surface area (Å²) >= 11 is 0. The summed E-state index contributed by atoms with van der Waals surface area (Å²) in [6.07, 6.45) is 2.09. The molecular weight excluding hydrogens is 130 g/mol. The monoisotopic (exact) mass is 139 g/mol. The normalized spacial score (nSPS) is 16.0. The number of nitrogens with zero attached hydrogens (tertiary/aromatic N) is 1. The van der Waals surface area contributed by atoms with Gasteiger partial charge in [0, 0.05) is 6.54 Å². The second kappa shape index (κ2) is 1.90. The van der Waals surface area contributed by atoms with Gasteiger partial charge in [-0.15, -0.1) is 0 Å². The third-order valence-corrected chi connectivity index (χ3v) is 1.71. The highest BCUT2D eigenvalue weighted by atomic mass is 16.5. The van der Waals surface area contributed by atoms with Gasteiger partial charge in [-0.25, -0.2) is 0 Å². The van der Waals surface area contributed by atoms with Crippen LogP contribution in [0, 0.1) is 0 Å². The number of rotatable bonds is 0. The van der Waals surface area contributed by atoms with E-state index in [2.05, 4.69) is 10.5 Å². The van der Waals surface area contributed by atoms with E-state index >= 15 is 0 Å². The molecule has 1 aliphatic rings. The van der Waals surface area contributed by atoms with Crippen molar-refractivity contribution in [3.8, 4) is 0 Å². The molecule has 2 rings (SSSR count). The molecule has 3 N–H and O–H groups in total. The quantitative estimate of drug-likeness (QED) is 0.553. The largest absolute Gasteiger partial charge is 0.381 e. The number of anilines is 2. The molecule has 0 aliphatic carbocycles. The van der Waals surface area contributed by atoms with Gasteiger partial charge in [0.1, 0.15) is 0 Å². The van der Waals surface area contributed by atoms with E-state index in [1.54, 1.807) is 0 Å². The van der Waals surface area contributed by atoms with Crippen LogP contribution < -0.4 is 11.1 Å². The van der Waals surface area contributed by atoms with Gasteiger partial charge in [0.2, 0.25) is 5.88 Å². The van der Waals surface area contributed by atoms with Gasteiger partial charge in [0.15, 0.2) is 5.82 Å². The summed E-state index contributed by atoms with van der Waals surface area (Å²) in [4.78, 5) is 0. The summed E-state index contributed by atoms with van der Waals surface area (Å²) in [5.74, 6) is 1.28. The first-order valence-corrected chi connectivity index (χ1v) is 3.36. The van der Waals surface area contributed by atoms with E-state index in [1.165, 1.54) is 0 Å². The highest BCUT2D eigenvalue weighted by Crippen LogP contribution is 2.25. The average molecular weight is 139 g/mol. The summed E-state index contributed by atoms with van der Waals surface area (Å²) in [7, 11) is 0. The van der Waals surface area contributed by atoms with Crippen LogP contribution in [0.5, 0.6) is 0 Å². The molecule has 0 fully saturated rings. The number of hydrogen-bond donors (Lipinski definition) is 2. The van der Waals surface area contributed by atoms with Crippen LogP contribution in [0.2, 0.25) is 0 Å². The van der Waals surface area contributed by atoms with Crippen LogP contribution in [0.25, 0.3) is 0 Å². The van der Waals surface area contributed by atoms with Crippen LogP contribution in [0.4, 0.5) is 11.7 Å². The third-order valence-electron chi connectivity index (χ3n) is 1.71. The van der Waals surface area contributed by atoms with E-state index in [0.717, 1.165) is 30.8 Å². The van der Waals surface area contributed by atoms with Crippen LogP contribution in [-0.2, 0) is 6.42 Å². The third kappa shape index (κ3) is 0.650. The fourth-order valence-electron chi connectivity index (χ4n) is 1.17. The molecule has 0 saturated heterocycles. The molecule has 10 heavy (non-hydrogen) atoms. The number of nitrogens with one attached hydrogen (secondary N) is 1. The van der Waals surface area contributed by atoms with E-state index in [4.69, 9.17) is 10.3 Å².